The van der Waals surface area contributed by atoms with Gasteiger partial charge in [-0.05, 0) is 0 Å². The van der Waals surface area contributed by atoms with Crippen LogP contribution in [-0.4, -0.2) is 0 Å². The van der Waals surface area contributed by atoms with E-state index in [4.69, 9.17) is 0 Å². The van der Waals surface area contributed by atoms with E-state index >= 15 is 0 Å². The molecule has 0 nitrogen and oxygen atoms in total. The van der Waals surface area contributed by atoms with Gasteiger partial charge < -0.3 is 0 Å². The first-order valence-electron chi connectivity index (χ1n) is 4.27. The van der Waals surface area contributed by atoms with Gasteiger partial charge in [0, 0.05) is 0 Å². The van der Waals surface area contributed by atoms with Crippen molar-refractivity contribution in [3.05, 3.63) is 47.6 Å². The predicted molar refractivity (Wildman–Crippen MR) is 52.4 cm³/mol. The van der Waals surface area contributed by atoms with Gasteiger partial charge >= 0.3 is 26.2 Å². The van der Waals surface area contributed by atoms with Crippen LogP contribution in [0.3, 0.4) is 0 Å². The first-order valence-corrected chi connectivity index (χ1v) is 4.27. The zero-order valence-corrected chi connectivity index (χ0v) is 10.7. The van der Waals surface area contributed by atoms with E-state index in [1.807, 2.05) is 0 Å². The molecule has 2 aliphatic rings. The van der Waals surface area contributed by atoms with E-state index in [1.165, 1.54) is 11.1 Å². The van der Waals surface area contributed by atoms with Crippen molar-refractivity contribution in [2.24, 2.45) is 0 Å². The van der Waals surface area contributed by atoms with E-state index in [2.05, 4.69) is 50.3 Å². The Kier molecular flexibility index (Phi) is 7.18. The molecule has 66 valence electrons. The van der Waals surface area contributed by atoms with Crippen molar-refractivity contribution in [2.45, 2.75) is 26.7 Å². The largest absolute Gasteiger partial charge is 2.00 e. The maximum atomic E-state index is 3.12. The summed E-state index contributed by atoms with van der Waals surface area (Å²) in [6.07, 6.45) is 16.7. The Morgan fingerprint density at radius 2 is 1.31 bits per heavy atom. The van der Waals surface area contributed by atoms with Gasteiger partial charge in [-0.3, -0.25) is 12.2 Å². The second kappa shape index (κ2) is 7.27. The molecular weight excluding hydrogens is 235 g/mol. The van der Waals surface area contributed by atoms with E-state index < -0.39 is 0 Å². The summed E-state index contributed by atoms with van der Waals surface area (Å²) in [4.78, 5) is 0. The minimum atomic E-state index is 0. The molecular formula is C12H14Zr. The predicted octanol–water partition coefficient (Wildman–Crippen LogP) is 3.39. The number of rotatable bonds is 0. The third kappa shape index (κ3) is 5.99. The van der Waals surface area contributed by atoms with Crippen LogP contribution in [0.25, 0.3) is 0 Å². The van der Waals surface area contributed by atoms with Crippen LogP contribution in [0, 0.1) is 12.2 Å². The Bertz CT molecular complexity index is 221. The van der Waals surface area contributed by atoms with Gasteiger partial charge in [-0.2, -0.15) is 12.2 Å². The third-order valence-corrected chi connectivity index (χ3v) is 1.73. The summed E-state index contributed by atoms with van der Waals surface area (Å²) >= 11 is 0. The number of hydrogen-bond acceptors (Lipinski definition) is 0. The summed E-state index contributed by atoms with van der Waals surface area (Å²) < 4.78 is 0. The fraction of sp³-hybridized carbons (Fsp3) is 0.333. The van der Waals surface area contributed by atoms with Crippen molar-refractivity contribution < 1.29 is 26.2 Å². The SMILES string of the molecule is CC1=[C-]CC=C1.CC1=[C-]CC=C1.[Zr+2]. The Morgan fingerprint density at radius 3 is 1.38 bits per heavy atom. The zero-order valence-electron chi connectivity index (χ0n) is 8.22. The minimum Gasteiger partial charge on any atom is -0.270 e. The Morgan fingerprint density at radius 1 is 0.923 bits per heavy atom. The van der Waals surface area contributed by atoms with Gasteiger partial charge in [0.15, 0.2) is 0 Å². The summed E-state index contributed by atoms with van der Waals surface area (Å²) in [7, 11) is 0. The van der Waals surface area contributed by atoms with Crippen LogP contribution in [0.15, 0.2) is 35.5 Å². The maximum absolute atomic E-state index is 3.12. The molecule has 1 heteroatoms. The molecule has 0 aromatic rings. The molecule has 0 unspecified atom stereocenters. The molecule has 0 radical (unpaired) electrons. The molecule has 13 heavy (non-hydrogen) atoms. The van der Waals surface area contributed by atoms with Gasteiger partial charge in [0.1, 0.15) is 0 Å². The first-order chi connectivity index (χ1) is 5.79. The summed E-state index contributed by atoms with van der Waals surface area (Å²) in [5.74, 6) is 0. The van der Waals surface area contributed by atoms with E-state index in [0.717, 1.165) is 12.8 Å². The molecule has 0 atom stereocenters. The normalized spacial score (nSPS) is 17.1. The van der Waals surface area contributed by atoms with Crippen molar-refractivity contribution >= 4 is 0 Å². The minimum absolute atomic E-state index is 0. The van der Waals surface area contributed by atoms with E-state index in [0.29, 0.717) is 0 Å². The van der Waals surface area contributed by atoms with E-state index in [1.54, 1.807) is 0 Å². The van der Waals surface area contributed by atoms with Crippen LogP contribution in [0.2, 0.25) is 0 Å². The quantitative estimate of drug-likeness (QED) is 0.577. The van der Waals surface area contributed by atoms with Gasteiger partial charge in [-0.1, -0.05) is 13.8 Å². The van der Waals surface area contributed by atoms with Crippen LogP contribution in [0.5, 0.6) is 0 Å². The topological polar surface area (TPSA) is 0 Å². The first kappa shape index (κ1) is 12.8. The Balaban J connectivity index is 0.000000206. The maximum Gasteiger partial charge on any atom is 2.00 e. The molecule has 2 aliphatic carbocycles. The molecule has 0 amide bonds. The zero-order chi connectivity index (χ0) is 8.81. The van der Waals surface area contributed by atoms with Crippen LogP contribution in [0.1, 0.15) is 26.7 Å². The Hall–Kier alpha value is -0.157. The van der Waals surface area contributed by atoms with Crippen molar-refractivity contribution in [3.63, 3.8) is 0 Å². The molecule has 0 aliphatic heterocycles. The van der Waals surface area contributed by atoms with Crippen LogP contribution in [-0.2, 0) is 26.2 Å². The van der Waals surface area contributed by atoms with Crippen LogP contribution < -0.4 is 0 Å². The second-order valence-electron chi connectivity index (χ2n) is 2.93. The standard InChI is InChI=1S/2C6H7.Zr/c2*1-6-4-2-3-5-6;/h2*2,4H,3H2,1H3;/q2*-1;+2. The molecule has 0 saturated carbocycles. The average Bonchev–Trinajstić information content (AvgIpc) is 2.63. The second-order valence-corrected chi connectivity index (χ2v) is 2.93. The summed E-state index contributed by atoms with van der Waals surface area (Å²) in [5.41, 5.74) is 2.55. The third-order valence-electron chi connectivity index (χ3n) is 1.73. The van der Waals surface area contributed by atoms with Gasteiger partial charge in [-0.15, -0.1) is 12.8 Å². The summed E-state index contributed by atoms with van der Waals surface area (Å²) in [5, 5.41) is 0. The molecule has 0 aromatic heterocycles. The fourth-order valence-electron chi connectivity index (χ4n) is 1.03. The molecule has 0 saturated heterocycles. The van der Waals surface area contributed by atoms with Crippen molar-refractivity contribution in [2.75, 3.05) is 0 Å². The molecule has 0 N–H and O–H groups in total. The van der Waals surface area contributed by atoms with Crippen molar-refractivity contribution in [1.29, 1.82) is 0 Å². The molecule has 0 spiro atoms. The number of allylic oxidation sites excluding steroid dienone is 8. The van der Waals surface area contributed by atoms with Crippen LogP contribution in [0.4, 0.5) is 0 Å². The molecule has 0 heterocycles. The molecule has 0 bridgehead atoms. The van der Waals surface area contributed by atoms with Gasteiger partial charge in [0.2, 0.25) is 0 Å². The molecule has 0 fully saturated rings. The number of hydrogen-bond donors (Lipinski definition) is 0. The van der Waals surface area contributed by atoms with E-state index in [9.17, 15) is 0 Å². The Labute approximate surface area is 100 Å². The summed E-state index contributed by atoms with van der Waals surface area (Å²) in [6, 6.07) is 0. The van der Waals surface area contributed by atoms with E-state index in [-0.39, 0.29) is 26.2 Å². The van der Waals surface area contributed by atoms with Crippen molar-refractivity contribution in [3.8, 4) is 0 Å². The summed E-state index contributed by atoms with van der Waals surface area (Å²) in [6.45, 7) is 4.12. The van der Waals surface area contributed by atoms with Gasteiger partial charge in [0.05, 0.1) is 0 Å². The van der Waals surface area contributed by atoms with Crippen LogP contribution >= 0.6 is 0 Å². The molecule has 2 rings (SSSR count). The van der Waals surface area contributed by atoms with Gasteiger partial charge in [0.25, 0.3) is 0 Å². The average molecular weight is 249 g/mol. The monoisotopic (exact) mass is 248 g/mol. The fourth-order valence-corrected chi connectivity index (χ4v) is 1.03. The van der Waals surface area contributed by atoms with Crippen molar-refractivity contribution in [1.82, 2.24) is 0 Å². The van der Waals surface area contributed by atoms with Gasteiger partial charge in [-0.25, -0.2) is 23.3 Å². The smallest absolute Gasteiger partial charge is 0.270 e. The molecule has 0 aromatic carbocycles.